The number of quaternary nitrogens is 1. The Labute approximate surface area is 65.0 Å². The molecule has 4 heteroatoms. The van der Waals surface area contributed by atoms with Crippen molar-refractivity contribution >= 4 is 5.97 Å². The van der Waals surface area contributed by atoms with Gasteiger partial charge in [-0.1, -0.05) is 0 Å². The standard InChI is InChI=1S/C4H7NO2.HI/c1-5-3-2-4(6)7-5;/h2-3H2,1H3;1H. The highest BCUT2D eigenvalue weighted by Crippen LogP contribution is 1.81. The van der Waals surface area contributed by atoms with Crippen molar-refractivity contribution in [3.63, 3.8) is 0 Å². The Bertz CT molecular complexity index is 96.0. The van der Waals surface area contributed by atoms with Crippen molar-refractivity contribution in [1.29, 1.82) is 0 Å². The van der Waals surface area contributed by atoms with Crippen molar-refractivity contribution in [2.75, 3.05) is 13.6 Å². The van der Waals surface area contributed by atoms with Gasteiger partial charge in [-0.05, 0) is 0 Å². The minimum atomic E-state index is -0.0856. The van der Waals surface area contributed by atoms with Gasteiger partial charge in [0.15, 0.2) is 0 Å². The van der Waals surface area contributed by atoms with Gasteiger partial charge in [0, 0.05) is 0 Å². The van der Waals surface area contributed by atoms with E-state index in [-0.39, 0.29) is 29.9 Å². The lowest BCUT2D eigenvalue weighted by Gasteiger charge is -1.96. The van der Waals surface area contributed by atoms with Crippen LogP contribution < -0.4 is 29.0 Å². The quantitative estimate of drug-likeness (QED) is 0.423. The van der Waals surface area contributed by atoms with E-state index in [0.29, 0.717) is 6.42 Å². The molecule has 0 aliphatic carbocycles. The smallest absolute Gasteiger partial charge is 0.372 e. The Hall–Kier alpha value is 0.160. The van der Waals surface area contributed by atoms with Crippen molar-refractivity contribution in [3.8, 4) is 0 Å². The zero-order valence-electron chi connectivity index (χ0n) is 4.61. The summed E-state index contributed by atoms with van der Waals surface area (Å²) < 4.78 is 0. The van der Waals surface area contributed by atoms with Gasteiger partial charge in [-0.25, -0.2) is 4.79 Å². The molecular formula is C4H8INO2. The third-order valence-corrected chi connectivity index (χ3v) is 0.969. The fourth-order valence-corrected chi connectivity index (χ4v) is 0.574. The van der Waals surface area contributed by atoms with Crippen molar-refractivity contribution in [3.05, 3.63) is 0 Å². The Kier molecular flexibility index (Phi) is 3.30. The van der Waals surface area contributed by atoms with Crippen molar-refractivity contribution in [1.82, 2.24) is 0 Å². The normalized spacial score (nSPS) is 26.6. The highest BCUT2D eigenvalue weighted by Gasteiger charge is 2.20. The second kappa shape index (κ2) is 3.24. The molecule has 1 atom stereocenters. The van der Waals surface area contributed by atoms with Crippen LogP contribution in [0.1, 0.15) is 6.42 Å². The molecule has 0 aromatic rings. The monoisotopic (exact) mass is 229 g/mol. The first-order valence-electron chi connectivity index (χ1n) is 2.32. The summed E-state index contributed by atoms with van der Waals surface area (Å²) in [6.07, 6.45) is 0.575. The molecule has 1 fully saturated rings. The van der Waals surface area contributed by atoms with E-state index in [2.05, 4.69) is 4.84 Å². The van der Waals surface area contributed by atoms with Crippen LogP contribution >= 0.6 is 0 Å². The van der Waals surface area contributed by atoms with Gasteiger partial charge in [0.1, 0.15) is 20.0 Å². The lowest BCUT2D eigenvalue weighted by molar-refractivity contribution is -1.05. The van der Waals surface area contributed by atoms with E-state index >= 15 is 0 Å². The number of halogens is 1. The topological polar surface area (TPSA) is 30.7 Å². The highest BCUT2D eigenvalue weighted by molar-refractivity contribution is 5.69. The molecule has 3 nitrogen and oxygen atoms in total. The van der Waals surface area contributed by atoms with Gasteiger partial charge in [0.25, 0.3) is 0 Å². The number of carbonyl (C=O) groups excluding carboxylic acids is 1. The minimum Gasteiger partial charge on any atom is -1.00 e. The van der Waals surface area contributed by atoms with Crippen LogP contribution in [0.25, 0.3) is 0 Å². The number of hydroxylamine groups is 2. The molecule has 1 rings (SSSR count). The van der Waals surface area contributed by atoms with Crippen LogP contribution in [0.2, 0.25) is 0 Å². The van der Waals surface area contributed by atoms with Crippen LogP contribution in [0.4, 0.5) is 0 Å². The van der Waals surface area contributed by atoms with Gasteiger partial charge in [0.2, 0.25) is 0 Å². The second-order valence-electron chi connectivity index (χ2n) is 1.68. The van der Waals surface area contributed by atoms with E-state index in [1.807, 2.05) is 7.05 Å². The summed E-state index contributed by atoms with van der Waals surface area (Å²) in [5.74, 6) is -0.0856. The Morgan fingerprint density at radius 1 is 1.75 bits per heavy atom. The van der Waals surface area contributed by atoms with E-state index in [9.17, 15) is 4.79 Å². The molecule has 0 saturated carbocycles. The molecule has 1 aliphatic heterocycles. The maximum atomic E-state index is 10.2. The first-order valence-corrected chi connectivity index (χ1v) is 2.32. The average molecular weight is 229 g/mol. The number of hydrogen-bond donors (Lipinski definition) is 1. The summed E-state index contributed by atoms with van der Waals surface area (Å²) in [6.45, 7) is 0.818. The number of carbonyl (C=O) groups is 1. The van der Waals surface area contributed by atoms with Crippen LogP contribution in [0.3, 0.4) is 0 Å². The fourth-order valence-electron chi connectivity index (χ4n) is 0.574. The third kappa shape index (κ3) is 1.95. The van der Waals surface area contributed by atoms with Gasteiger partial charge >= 0.3 is 5.97 Å². The van der Waals surface area contributed by atoms with Crippen LogP contribution in [0.5, 0.6) is 0 Å². The molecule has 0 spiro atoms. The summed E-state index contributed by atoms with van der Waals surface area (Å²) in [5, 5.41) is 0.852. The molecule has 0 amide bonds. The van der Waals surface area contributed by atoms with Gasteiger partial charge in [-0.2, -0.15) is 0 Å². The number of nitrogens with one attached hydrogen (secondary N) is 1. The molecule has 48 valence electrons. The number of rotatable bonds is 0. The zero-order valence-corrected chi connectivity index (χ0v) is 6.77. The predicted octanol–water partition coefficient (Wildman–Crippen LogP) is -4.63. The molecule has 0 bridgehead atoms. The number of hydrogen-bond acceptors (Lipinski definition) is 2. The second-order valence-corrected chi connectivity index (χ2v) is 1.68. The lowest BCUT2D eigenvalue weighted by Crippen LogP contribution is -3.05. The van der Waals surface area contributed by atoms with Crippen molar-refractivity contribution in [2.24, 2.45) is 0 Å². The summed E-state index contributed by atoms with van der Waals surface area (Å²) >= 11 is 0. The molecule has 0 aromatic carbocycles. The fraction of sp³-hybridized carbons (Fsp3) is 0.750. The van der Waals surface area contributed by atoms with Crippen molar-refractivity contribution in [2.45, 2.75) is 6.42 Å². The minimum absolute atomic E-state index is 0. The van der Waals surface area contributed by atoms with Gasteiger partial charge < -0.3 is 24.0 Å². The summed E-state index contributed by atoms with van der Waals surface area (Å²) in [4.78, 5) is 14.8. The largest absolute Gasteiger partial charge is 1.00 e. The predicted molar refractivity (Wildman–Crippen MR) is 22.5 cm³/mol. The molecule has 8 heavy (non-hydrogen) atoms. The van der Waals surface area contributed by atoms with E-state index in [1.54, 1.807) is 0 Å². The van der Waals surface area contributed by atoms with Crippen LogP contribution in [0, 0.1) is 0 Å². The SMILES string of the molecule is C[NH+]1CCC(=O)O1.[I-]. The van der Waals surface area contributed by atoms with E-state index in [4.69, 9.17) is 0 Å². The van der Waals surface area contributed by atoms with Crippen LogP contribution in [-0.4, -0.2) is 19.6 Å². The summed E-state index contributed by atoms with van der Waals surface area (Å²) in [5.41, 5.74) is 0. The van der Waals surface area contributed by atoms with Crippen LogP contribution in [0.15, 0.2) is 0 Å². The Morgan fingerprint density at radius 3 is 2.50 bits per heavy atom. The molecule has 1 unspecified atom stereocenters. The third-order valence-electron chi connectivity index (χ3n) is 0.969. The van der Waals surface area contributed by atoms with Gasteiger partial charge in [0.05, 0.1) is 0 Å². The maximum absolute atomic E-state index is 10.2. The zero-order chi connectivity index (χ0) is 5.28. The molecular weight excluding hydrogens is 221 g/mol. The van der Waals surface area contributed by atoms with Crippen molar-refractivity contribution < 1.29 is 38.7 Å². The molecule has 1 N–H and O–H groups in total. The average Bonchev–Trinajstić information content (AvgIpc) is 1.87. The first-order chi connectivity index (χ1) is 3.29. The van der Waals surface area contributed by atoms with E-state index in [0.717, 1.165) is 11.6 Å². The first kappa shape index (κ1) is 8.16. The van der Waals surface area contributed by atoms with E-state index in [1.165, 1.54) is 0 Å². The summed E-state index contributed by atoms with van der Waals surface area (Å²) in [6, 6.07) is 0. The molecule has 1 aliphatic rings. The molecule has 0 radical (unpaired) electrons. The Balaban J connectivity index is 0.000000490. The molecule has 1 saturated heterocycles. The van der Waals surface area contributed by atoms with Crippen LogP contribution in [-0.2, 0) is 9.63 Å². The van der Waals surface area contributed by atoms with E-state index < -0.39 is 0 Å². The highest BCUT2D eigenvalue weighted by atomic mass is 127. The summed E-state index contributed by atoms with van der Waals surface area (Å²) in [7, 11) is 1.82. The maximum Gasteiger partial charge on any atom is 0.372 e. The lowest BCUT2D eigenvalue weighted by atomic mass is 10.5. The van der Waals surface area contributed by atoms with Gasteiger partial charge in [-0.3, -0.25) is 4.84 Å². The van der Waals surface area contributed by atoms with Gasteiger partial charge in [-0.15, -0.1) is 5.06 Å². The molecule has 0 aromatic heterocycles. The molecule has 1 heterocycles. The Morgan fingerprint density at radius 2 is 2.38 bits per heavy atom.